The Morgan fingerprint density at radius 3 is 2.00 bits per heavy atom. The Kier molecular flexibility index (Phi) is 3.25. The molecule has 0 radical (unpaired) electrons. The van der Waals surface area contributed by atoms with Gasteiger partial charge in [0, 0.05) is 5.92 Å². The molecule has 4 saturated carbocycles. The van der Waals surface area contributed by atoms with E-state index in [4.69, 9.17) is 10.2 Å². The Morgan fingerprint density at radius 2 is 1.58 bits per heavy atom. The van der Waals surface area contributed by atoms with Gasteiger partial charge in [-0.1, -0.05) is 0 Å². The number of aliphatic hydroxyl groups is 1. The number of nitrogens with one attached hydrogen (secondary N) is 1. The van der Waals surface area contributed by atoms with Crippen LogP contribution in [0.25, 0.3) is 0 Å². The largest absolute Gasteiger partial charge is 0.480 e. The van der Waals surface area contributed by atoms with Gasteiger partial charge in [0.1, 0.15) is 6.04 Å². The van der Waals surface area contributed by atoms with Gasteiger partial charge in [-0.3, -0.25) is 4.79 Å². The van der Waals surface area contributed by atoms with Crippen LogP contribution >= 0.6 is 0 Å². The molecule has 1 atom stereocenters. The number of aliphatic carboxylic acids is 1. The van der Waals surface area contributed by atoms with Crippen molar-refractivity contribution in [2.24, 2.45) is 29.6 Å². The average molecular weight is 267 g/mol. The summed E-state index contributed by atoms with van der Waals surface area (Å²) >= 11 is 0. The second-order valence-corrected chi connectivity index (χ2v) is 6.54. The molecular weight excluding hydrogens is 246 g/mol. The van der Waals surface area contributed by atoms with Crippen molar-refractivity contribution in [2.75, 3.05) is 6.61 Å². The summed E-state index contributed by atoms with van der Waals surface area (Å²) in [5.41, 5.74) is 0. The van der Waals surface area contributed by atoms with E-state index >= 15 is 0 Å². The van der Waals surface area contributed by atoms with Gasteiger partial charge in [-0.05, 0) is 55.8 Å². The zero-order chi connectivity index (χ0) is 13.6. The van der Waals surface area contributed by atoms with Crippen LogP contribution in [0.15, 0.2) is 0 Å². The molecule has 0 aromatic carbocycles. The molecule has 5 heteroatoms. The van der Waals surface area contributed by atoms with Crippen LogP contribution in [0.2, 0.25) is 0 Å². The molecule has 19 heavy (non-hydrogen) atoms. The summed E-state index contributed by atoms with van der Waals surface area (Å²) in [7, 11) is 0. The van der Waals surface area contributed by atoms with Crippen molar-refractivity contribution < 1.29 is 19.8 Å². The highest BCUT2D eigenvalue weighted by Crippen LogP contribution is 2.56. The number of rotatable bonds is 4. The van der Waals surface area contributed by atoms with Crippen LogP contribution in [0.4, 0.5) is 0 Å². The van der Waals surface area contributed by atoms with Gasteiger partial charge in [0.15, 0.2) is 0 Å². The molecule has 4 aliphatic carbocycles. The molecule has 0 heterocycles. The van der Waals surface area contributed by atoms with Crippen LogP contribution < -0.4 is 5.32 Å². The summed E-state index contributed by atoms with van der Waals surface area (Å²) in [4.78, 5) is 23.2. The quantitative estimate of drug-likeness (QED) is 0.697. The molecule has 1 amide bonds. The smallest absolute Gasteiger partial charge is 0.328 e. The minimum absolute atomic E-state index is 0.0267. The van der Waals surface area contributed by atoms with Gasteiger partial charge >= 0.3 is 5.97 Å². The predicted molar refractivity (Wildman–Crippen MR) is 67.2 cm³/mol. The second kappa shape index (κ2) is 4.78. The third-order valence-corrected chi connectivity index (χ3v) is 5.33. The molecule has 4 bridgehead atoms. The number of carbonyl (C=O) groups is 2. The van der Waals surface area contributed by atoms with E-state index in [1.54, 1.807) is 0 Å². The lowest BCUT2D eigenvalue weighted by Crippen LogP contribution is -2.54. The topological polar surface area (TPSA) is 86.6 Å². The van der Waals surface area contributed by atoms with Crippen LogP contribution in [0, 0.1) is 29.6 Å². The fourth-order valence-electron chi connectivity index (χ4n) is 4.81. The third-order valence-electron chi connectivity index (χ3n) is 5.33. The van der Waals surface area contributed by atoms with Crippen LogP contribution in [0.1, 0.15) is 32.1 Å². The molecule has 0 aromatic rings. The highest BCUT2D eigenvalue weighted by molar-refractivity contribution is 5.85. The van der Waals surface area contributed by atoms with E-state index in [2.05, 4.69) is 5.32 Å². The van der Waals surface area contributed by atoms with Crippen molar-refractivity contribution in [3.8, 4) is 0 Å². The zero-order valence-electron chi connectivity index (χ0n) is 10.9. The van der Waals surface area contributed by atoms with E-state index in [1.807, 2.05) is 0 Å². The number of amides is 1. The van der Waals surface area contributed by atoms with Gasteiger partial charge in [0.25, 0.3) is 0 Å². The summed E-state index contributed by atoms with van der Waals surface area (Å²) in [6, 6.07) is -1.16. The Bertz CT molecular complexity index is 367. The van der Waals surface area contributed by atoms with E-state index in [-0.39, 0.29) is 11.8 Å². The molecule has 4 aliphatic rings. The fraction of sp³-hybridized carbons (Fsp3) is 0.857. The molecule has 0 aromatic heterocycles. The van der Waals surface area contributed by atoms with Gasteiger partial charge in [-0.15, -0.1) is 0 Å². The van der Waals surface area contributed by atoms with Gasteiger partial charge < -0.3 is 15.5 Å². The van der Waals surface area contributed by atoms with Crippen LogP contribution in [-0.4, -0.2) is 34.7 Å². The maximum atomic E-state index is 12.3. The Hall–Kier alpha value is -1.10. The summed E-state index contributed by atoms with van der Waals surface area (Å²) in [6.07, 6.45) is 5.84. The molecule has 0 aliphatic heterocycles. The van der Waals surface area contributed by atoms with Crippen molar-refractivity contribution in [3.05, 3.63) is 0 Å². The first-order valence-corrected chi connectivity index (χ1v) is 7.22. The first-order chi connectivity index (χ1) is 9.08. The minimum atomic E-state index is -1.17. The van der Waals surface area contributed by atoms with Gasteiger partial charge in [-0.25, -0.2) is 4.79 Å². The van der Waals surface area contributed by atoms with E-state index in [0.29, 0.717) is 11.8 Å². The number of carboxylic acids is 1. The lowest BCUT2D eigenvalue weighted by Gasteiger charge is -2.53. The van der Waals surface area contributed by atoms with Crippen molar-refractivity contribution in [1.29, 1.82) is 0 Å². The molecule has 0 unspecified atom stereocenters. The zero-order valence-corrected chi connectivity index (χ0v) is 10.9. The van der Waals surface area contributed by atoms with Crippen molar-refractivity contribution in [1.82, 2.24) is 5.32 Å². The highest BCUT2D eigenvalue weighted by atomic mass is 16.4. The van der Waals surface area contributed by atoms with Crippen molar-refractivity contribution in [3.63, 3.8) is 0 Å². The van der Waals surface area contributed by atoms with Crippen molar-refractivity contribution in [2.45, 2.75) is 38.1 Å². The van der Waals surface area contributed by atoms with Gasteiger partial charge in [0.2, 0.25) is 5.91 Å². The molecule has 0 saturated heterocycles. The van der Waals surface area contributed by atoms with Gasteiger partial charge in [-0.2, -0.15) is 0 Å². The highest BCUT2D eigenvalue weighted by Gasteiger charge is 2.51. The second-order valence-electron chi connectivity index (χ2n) is 6.54. The number of hydrogen-bond acceptors (Lipinski definition) is 3. The molecule has 5 nitrogen and oxygen atoms in total. The SMILES string of the molecule is O=C(N[C@H](CO)C(=O)O)C1C2CC3CC(C2)CC1C3. The molecule has 3 N–H and O–H groups in total. The van der Waals surface area contributed by atoms with Gasteiger partial charge in [0.05, 0.1) is 6.61 Å². The van der Waals surface area contributed by atoms with E-state index < -0.39 is 18.6 Å². The number of aliphatic hydroxyl groups excluding tert-OH is 1. The summed E-state index contributed by atoms with van der Waals surface area (Å²) in [5, 5.41) is 20.4. The maximum Gasteiger partial charge on any atom is 0.328 e. The lowest BCUT2D eigenvalue weighted by molar-refractivity contribution is -0.147. The first kappa shape index (κ1) is 12.9. The lowest BCUT2D eigenvalue weighted by atomic mass is 9.51. The predicted octanol–water partition coefficient (Wildman–Crippen LogP) is 0.620. The van der Waals surface area contributed by atoms with Crippen LogP contribution in [0.3, 0.4) is 0 Å². The molecule has 0 spiro atoms. The van der Waals surface area contributed by atoms with E-state index in [9.17, 15) is 9.59 Å². The fourth-order valence-corrected chi connectivity index (χ4v) is 4.81. The molecule has 4 fully saturated rings. The molecule has 106 valence electrons. The Morgan fingerprint density at radius 1 is 1.05 bits per heavy atom. The Balaban J connectivity index is 1.68. The maximum absolute atomic E-state index is 12.3. The summed E-state index contributed by atoms with van der Waals surface area (Å²) < 4.78 is 0. The van der Waals surface area contributed by atoms with Crippen molar-refractivity contribution >= 4 is 11.9 Å². The Labute approximate surface area is 112 Å². The third kappa shape index (κ3) is 2.24. The summed E-state index contributed by atoms with van der Waals surface area (Å²) in [5.74, 6) is 1.10. The molecular formula is C14H21NO4. The standard InChI is InChI=1S/C14H21NO4/c16-6-11(14(18)19)15-13(17)12-9-2-7-1-8(4-9)5-10(12)3-7/h7-12,16H,1-6H2,(H,15,17)(H,18,19)/t7?,8?,9?,10?,11-,12?/m1/s1. The normalized spacial score (nSPS) is 41.0. The van der Waals surface area contributed by atoms with E-state index in [0.717, 1.165) is 37.5 Å². The molecule has 4 rings (SSSR count). The van der Waals surface area contributed by atoms with Crippen LogP contribution in [-0.2, 0) is 9.59 Å². The van der Waals surface area contributed by atoms with Crippen LogP contribution in [0.5, 0.6) is 0 Å². The summed E-state index contributed by atoms with van der Waals surface area (Å²) in [6.45, 7) is -0.547. The van der Waals surface area contributed by atoms with E-state index in [1.165, 1.54) is 6.42 Å². The number of hydrogen-bond donors (Lipinski definition) is 3. The monoisotopic (exact) mass is 267 g/mol. The minimum Gasteiger partial charge on any atom is -0.480 e. The first-order valence-electron chi connectivity index (χ1n) is 7.22. The number of carbonyl (C=O) groups excluding carboxylic acids is 1. The number of carboxylic acid groups (broad SMARTS) is 1. The average Bonchev–Trinajstić information content (AvgIpc) is 2.34.